The lowest BCUT2D eigenvalue weighted by atomic mass is 10.1. The van der Waals surface area contributed by atoms with Crippen LogP contribution in [0.25, 0.3) is 0 Å². The molecule has 98 valence electrons. The maximum atomic E-state index is 13.8. The molecule has 0 aliphatic carbocycles. The van der Waals surface area contributed by atoms with Crippen molar-refractivity contribution < 1.29 is 4.39 Å². The highest BCUT2D eigenvalue weighted by atomic mass is 79.9. The zero-order chi connectivity index (χ0) is 14.0. The van der Waals surface area contributed by atoms with Gasteiger partial charge in [0, 0.05) is 15.1 Å². The molecule has 19 heavy (non-hydrogen) atoms. The Kier molecular flexibility index (Phi) is 4.39. The van der Waals surface area contributed by atoms with Crippen LogP contribution in [0, 0.1) is 5.82 Å². The predicted molar refractivity (Wildman–Crippen MR) is 84.7 cm³/mol. The molecule has 0 radical (unpaired) electrons. The number of hydrogen-bond donors (Lipinski definition) is 2. The molecule has 6 heteroatoms. The van der Waals surface area contributed by atoms with Gasteiger partial charge in [-0.05, 0) is 36.4 Å². The van der Waals surface area contributed by atoms with Gasteiger partial charge in [-0.2, -0.15) is 0 Å². The van der Waals surface area contributed by atoms with Gasteiger partial charge in [0.2, 0.25) is 0 Å². The topological polar surface area (TPSA) is 38.0 Å². The van der Waals surface area contributed by atoms with E-state index in [0.29, 0.717) is 26.4 Å². The lowest BCUT2D eigenvalue weighted by Crippen LogP contribution is -2.12. The first-order chi connectivity index (χ1) is 8.97. The Morgan fingerprint density at radius 2 is 1.95 bits per heavy atom. The molecule has 2 rings (SSSR count). The second-order valence-electron chi connectivity index (χ2n) is 3.80. The van der Waals surface area contributed by atoms with Crippen molar-refractivity contribution in [1.82, 2.24) is 0 Å². The summed E-state index contributed by atoms with van der Waals surface area (Å²) in [5.74, 6) is -0.386. The Morgan fingerprint density at radius 1 is 1.21 bits per heavy atom. The summed E-state index contributed by atoms with van der Waals surface area (Å²) in [7, 11) is 0. The van der Waals surface area contributed by atoms with E-state index in [1.165, 1.54) is 6.07 Å². The minimum absolute atomic E-state index is 0.219. The Labute approximate surface area is 128 Å². The number of benzene rings is 2. The summed E-state index contributed by atoms with van der Waals surface area (Å²) in [6, 6.07) is 9.74. The molecule has 2 nitrogen and oxygen atoms in total. The third-order valence-corrected chi connectivity index (χ3v) is 3.40. The van der Waals surface area contributed by atoms with E-state index in [4.69, 9.17) is 29.6 Å². The highest BCUT2D eigenvalue weighted by molar-refractivity contribution is 9.10. The standard InChI is InChI=1S/C13H9BrClFN2S/c14-7-1-4-11(10(16)5-7)18-12-6-8(15)2-3-9(12)13(17)19/h1-6,18H,(H2,17,19). The van der Waals surface area contributed by atoms with Crippen LogP contribution in [0.15, 0.2) is 40.9 Å². The molecule has 0 fully saturated rings. The molecule has 0 spiro atoms. The Hall–Kier alpha value is -1.17. The fourth-order valence-electron chi connectivity index (χ4n) is 1.57. The van der Waals surface area contributed by atoms with Gasteiger partial charge >= 0.3 is 0 Å². The second kappa shape index (κ2) is 5.86. The molecule has 0 saturated heterocycles. The Balaban J connectivity index is 2.42. The molecular weight excluding hydrogens is 351 g/mol. The van der Waals surface area contributed by atoms with Gasteiger partial charge in [-0.25, -0.2) is 4.39 Å². The van der Waals surface area contributed by atoms with Crippen molar-refractivity contribution in [2.45, 2.75) is 0 Å². The molecule has 0 saturated carbocycles. The molecule has 0 unspecified atom stereocenters. The van der Waals surface area contributed by atoms with Crippen LogP contribution in [0.3, 0.4) is 0 Å². The number of nitrogens with one attached hydrogen (secondary N) is 1. The molecule has 0 atom stereocenters. The summed E-state index contributed by atoms with van der Waals surface area (Å²) in [6.07, 6.45) is 0. The van der Waals surface area contributed by atoms with Crippen LogP contribution in [-0.2, 0) is 0 Å². The largest absolute Gasteiger partial charge is 0.389 e. The average Bonchev–Trinajstić information content (AvgIpc) is 2.32. The van der Waals surface area contributed by atoms with Crippen LogP contribution >= 0.6 is 39.7 Å². The van der Waals surface area contributed by atoms with Crippen LogP contribution in [0.4, 0.5) is 15.8 Å². The minimum Gasteiger partial charge on any atom is -0.389 e. The SMILES string of the molecule is NC(=S)c1ccc(Cl)cc1Nc1ccc(Br)cc1F. The maximum absolute atomic E-state index is 13.8. The van der Waals surface area contributed by atoms with Gasteiger partial charge in [-0.15, -0.1) is 0 Å². The van der Waals surface area contributed by atoms with E-state index in [2.05, 4.69) is 21.2 Å². The molecule has 2 aromatic rings. The average molecular weight is 360 g/mol. The third-order valence-electron chi connectivity index (χ3n) is 2.45. The van der Waals surface area contributed by atoms with E-state index < -0.39 is 0 Å². The molecule has 0 heterocycles. The number of rotatable bonds is 3. The highest BCUT2D eigenvalue weighted by Gasteiger charge is 2.09. The van der Waals surface area contributed by atoms with Gasteiger partial charge in [0.25, 0.3) is 0 Å². The summed E-state index contributed by atoms with van der Waals surface area (Å²) < 4.78 is 14.4. The molecule has 0 bridgehead atoms. The molecule has 0 aliphatic heterocycles. The van der Waals surface area contributed by atoms with Gasteiger partial charge in [0.1, 0.15) is 10.8 Å². The molecule has 2 aromatic carbocycles. The van der Waals surface area contributed by atoms with Crippen molar-refractivity contribution in [3.8, 4) is 0 Å². The third kappa shape index (κ3) is 3.43. The lowest BCUT2D eigenvalue weighted by molar-refractivity contribution is 0.631. The number of hydrogen-bond acceptors (Lipinski definition) is 2. The first-order valence-electron chi connectivity index (χ1n) is 5.29. The van der Waals surface area contributed by atoms with E-state index in [0.717, 1.165) is 0 Å². The van der Waals surface area contributed by atoms with Gasteiger partial charge in [-0.1, -0.05) is 39.7 Å². The summed E-state index contributed by atoms with van der Waals surface area (Å²) in [5.41, 5.74) is 7.13. The highest BCUT2D eigenvalue weighted by Crippen LogP contribution is 2.27. The Bertz CT molecular complexity index is 649. The van der Waals surface area contributed by atoms with Crippen molar-refractivity contribution in [2.75, 3.05) is 5.32 Å². The van der Waals surface area contributed by atoms with E-state index in [9.17, 15) is 4.39 Å². The van der Waals surface area contributed by atoms with E-state index in [1.54, 1.807) is 30.3 Å². The lowest BCUT2D eigenvalue weighted by Gasteiger charge is -2.12. The van der Waals surface area contributed by atoms with Crippen molar-refractivity contribution >= 4 is 56.1 Å². The predicted octanol–water partition coefficient (Wildman–Crippen LogP) is 4.62. The molecule has 0 amide bonds. The number of nitrogens with two attached hydrogens (primary N) is 1. The summed E-state index contributed by atoms with van der Waals surface area (Å²) in [5, 5.41) is 3.46. The molecule has 0 aliphatic rings. The Morgan fingerprint density at radius 3 is 2.58 bits per heavy atom. The van der Waals surface area contributed by atoms with Crippen LogP contribution in [0.5, 0.6) is 0 Å². The number of anilines is 2. The van der Waals surface area contributed by atoms with Crippen molar-refractivity contribution in [1.29, 1.82) is 0 Å². The minimum atomic E-state index is -0.386. The number of thiocarbonyl (C=S) groups is 1. The van der Waals surface area contributed by atoms with E-state index in [1.807, 2.05) is 0 Å². The first-order valence-corrected chi connectivity index (χ1v) is 6.87. The summed E-state index contributed by atoms with van der Waals surface area (Å²) in [6.45, 7) is 0. The number of halogens is 3. The second-order valence-corrected chi connectivity index (χ2v) is 5.60. The molecular formula is C13H9BrClFN2S. The van der Waals surface area contributed by atoms with Gasteiger partial charge < -0.3 is 11.1 Å². The van der Waals surface area contributed by atoms with Gasteiger partial charge in [0.05, 0.1) is 11.4 Å². The van der Waals surface area contributed by atoms with Crippen molar-refractivity contribution in [2.24, 2.45) is 5.73 Å². The van der Waals surface area contributed by atoms with Crippen LogP contribution < -0.4 is 11.1 Å². The fraction of sp³-hybridized carbons (Fsp3) is 0. The van der Waals surface area contributed by atoms with Crippen molar-refractivity contribution in [3.63, 3.8) is 0 Å². The monoisotopic (exact) mass is 358 g/mol. The molecule has 0 aromatic heterocycles. The van der Waals surface area contributed by atoms with Crippen LogP contribution in [-0.4, -0.2) is 4.99 Å². The zero-order valence-electron chi connectivity index (χ0n) is 9.58. The van der Waals surface area contributed by atoms with Gasteiger partial charge in [0.15, 0.2) is 0 Å². The van der Waals surface area contributed by atoms with Crippen LogP contribution in [0.1, 0.15) is 5.56 Å². The quantitative estimate of drug-likeness (QED) is 0.785. The van der Waals surface area contributed by atoms with Crippen molar-refractivity contribution in [3.05, 3.63) is 57.3 Å². The maximum Gasteiger partial charge on any atom is 0.147 e. The summed E-state index contributed by atoms with van der Waals surface area (Å²) in [4.78, 5) is 0.219. The fourth-order valence-corrected chi connectivity index (χ4v) is 2.25. The van der Waals surface area contributed by atoms with Gasteiger partial charge in [-0.3, -0.25) is 0 Å². The van der Waals surface area contributed by atoms with Crippen LogP contribution in [0.2, 0.25) is 5.02 Å². The van der Waals surface area contributed by atoms with E-state index >= 15 is 0 Å². The molecule has 3 N–H and O–H groups in total. The van der Waals surface area contributed by atoms with E-state index in [-0.39, 0.29) is 10.8 Å². The normalized spacial score (nSPS) is 10.3. The zero-order valence-corrected chi connectivity index (χ0v) is 12.7. The first kappa shape index (κ1) is 14.2. The smallest absolute Gasteiger partial charge is 0.147 e. The summed E-state index contributed by atoms with van der Waals surface area (Å²) >= 11 is 14.1.